The van der Waals surface area contributed by atoms with Crippen molar-refractivity contribution < 1.29 is 25.2 Å². The predicted molar refractivity (Wildman–Crippen MR) is 156 cm³/mol. The first-order chi connectivity index (χ1) is 18.6. The van der Waals surface area contributed by atoms with Crippen molar-refractivity contribution in [3.8, 4) is 0 Å². The summed E-state index contributed by atoms with van der Waals surface area (Å²) in [4.78, 5) is 0.208. The molecular formula is C30H32O6S2Si. The molecule has 4 aromatic rings. The van der Waals surface area contributed by atoms with Crippen LogP contribution in [0, 0.1) is 13.8 Å². The molecule has 39 heavy (non-hydrogen) atoms. The van der Waals surface area contributed by atoms with Gasteiger partial charge in [0.05, 0.1) is 23.0 Å². The van der Waals surface area contributed by atoms with Gasteiger partial charge in [-0.05, 0) is 50.2 Å². The van der Waals surface area contributed by atoms with E-state index in [1.165, 1.54) is 24.3 Å². The second-order valence-electron chi connectivity index (χ2n) is 9.49. The number of benzene rings is 4. The zero-order valence-corrected chi connectivity index (χ0v) is 24.6. The van der Waals surface area contributed by atoms with Crippen LogP contribution in [-0.2, 0) is 28.6 Å². The van der Waals surface area contributed by atoms with E-state index in [1.807, 2.05) is 74.5 Å². The number of hydrogen-bond donors (Lipinski definition) is 0. The fourth-order valence-corrected chi connectivity index (χ4v) is 11.0. The fraction of sp³-hybridized carbons (Fsp3) is 0.200. The SMILES string of the molecule is Cc1ccc(S(=O)(=O)OCC[Si](CCOS(=O)(=O)c2ccc(C)cc2)(c2ccccc2)c2ccccc2)cc1. The fourth-order valence-electron chi connectivity index (χ4n) is 4.58. The van der Waals surface area contributed by atoms with Gasteiger partial charge < -0.3 is 0 Å². The van der Waals surface area contributed by atoms with Gasteiger partial charge in [0.25, 0.3) is 20.2 Å². The van der Waals surface area contributed by atoms with Crippen molar-refractivity contribution >= 4 is 38.7 Å². The first-order valence-electron chi connectivity index (χ1n) is 12.7. The Balaban J connectivity index is 1.62. The Labute approximate surface area is 232 Å². The Hall–Kier alpha value is -3.08. The summed E-state index contributed by atoms with van der Waals surface area (Å²) in [6, 6.07) is 33.6. The monoisotopic (exact) mass is 580 g/mol. The molecule has 0 saturated carbocycles. The molecule has 4 aromatic carbocycles. The van der Waals surface area contributed by atoms with Gasteiger partial charge in [-0.15, -0.1) is 0 Å². The second kappa shape index (κ2) is 12.4. The average Bonchev–Trinajstić information content (AvgIpc) is 2.93. The highest BCUT2D eigenvalue weighted by atomic mass is 32.2. The molecule has 0 unspecified atom stereocenters. The highest BCUT2D eigenvalue weighted by Gasteiger charge is 2.38. The van der Waals surface area contributed by atoms with Gasteiger partial charge in [-0.1, -0.05) is 106 Å². The molecule has 0 fully saturated rings. The lowest BCUT2D eigenvalue weighted by atomic mass is 10.2. The van der Waals surface area contributed by atoms with E-state index in [1.54, 1.807) is 24.3 Å². The lowest BCUT2D eigenvalue weighted by Crippen LogP contribution is -2.59. The zero-order valence-electron chi connectivity index (χ0n) is 22.0. The number of hydrogen-bond acceptors (Lipinski definition) is 6. The smallest absolute Gasteiger partial charge is 0.267 e. The molecule has 0 radical (unpaired) electrons. The van der Waals surface area contributed by atoms with Gasteiger partial charge in [0.1, 0.15) is 8.07 Å². The Kier molecular flexibility index (Phi) is 9.19. The first-order valence-corrected chi connectivity index (χ1v) is 17.9. The van der Waals surface area contributed by atoms with Gasteiger partial charge >= 0.3 is 0 Å². The van der Waals surface area contributed by atoms with Crippen LogP contribution in [0.5, 0.6) is 0 Å². The van der Waals surface area contributed by atoms with E-state index in [9.17, 15) is 16.8 Å². The molecule has 0 spiro atoms. The third-order valence-corrected chi connectivity index (χ3v) is 14.5. The standard InChI is InChI=1S/C30H32O6S2Si/c1-25-13-17-27(18-14-25)37(31,32)35-21-23-39(29-9-5-3-6-10-29,30-11-7-4-8-12-30)24-22-36-38(33,34)28-19-15-26(2)16-20-28/h3-20H,21-24H2,1-2H3. The Morgan fingerprint density at radius 3 is 1.18 bits per heavy atom. The van der Waals surface area contributed by atoms with Crippen LogP contribution >= 0.6 is 0 Å². The van der Waals surface area contributed by atoms with E-state index in [0.717, 1.165) is 21.5 Å². The van der Waals surface area contributed by atoms with E-state index >= 15 is 0 Å². The highest BCUT2D eigenvalue weighted by Crippen LogP contribution is 2.22. The molecule has 0 aromatic heterocycles. The largest absolute Gasteiger partial charge is 0.296 e. The minimum Gasteiger partial charge on any atom is -0.267 e. The molecular weight excluding hydrogens is 549 g/mol. The molecule has 0 saturated heterocycles. The van der Waals surface area contributed by atoms with Crippen LogP contribution in [0.15, 0.2) is 119 Å². The number of rotatable bonds is 12. The minimum atomic E-state index is -3.95. The molecule has 0 atom stereocenters. The summed E-state index contributed by atoms with van der Waals surface area (Å²) in [6.45, 7) is 3.68. The summed E-state index contributed by atoms with van der Waals surface area (Å²) >= 11 is 0. The van der Waals surface area contributed by atoms with Gasteiger partial charge in [0.2, 0.25) is 0 Å². The lowest BCUT2D eigenvalue weighted by Gasteiger charge is -2.33. The topological polar surface area (TPSA) is 86.7 Å². The molecule has 0 aliphatic heterocycles. The van der Waals surface area contributed by atoms with Crippen LogP contribution < -0.4 is 10.4 Å². The third-order valence-electron chi connectivity index (χ3n) is 6.81. The summed E-state index contributed by atoms with van der Waals surface area (Å²) in [7, 11) is -10.7. The van der Waals surface area contributed by atoms with E-state index in [0.29, 0.717) is 12.1 Å². The van der Waals surface area contributed by atoms with Crippen LogP contribution in [0.3, 0.4) is 0 Å². The van der Waals surface area contributed by atoms with Crippen molar-refractivity contribution in [2.24, 2.45) is 0 Å². The Morgan fingerprint density at radius 2 is 0.846 bits per heavy atom. The van der Waals surface area contributed by atoms with E-state index in [2.05, 4.69) is 0 Å². The molecule has 0 aliphatic rings. The van der Waals surface area contributed by atoms with E-state index in [-0.39, 0.29) is 23.0 Å². The van der Waals surface area contributed by atoms with Crippen molar-refractivity contribution in [1.82, 2.24) is 0 Å². The molecule has 9 heteroatoms. The summed E-state index contributed by atoms with van der Waals surface area (Å²) in [5.74, 6) is 0. The van der Waals surface area contributed by atoms with Gasteiger partial charge in [0.15, 0.2) is 0 Å². The number of aryl methyl sites for hydroxylation is 2. The van der Waals surface area contributed by atoms with Crippen LogP contribution in [0.4, 0.5) is 0 Å². The molecule has 0 bridgehead atoms. The van der Waals surface area contributed by atoms with E-state index in [4.69, 9.17) is 8.37 Å². The molecule has 6 nitrogen and oxygen atoms in total. The maximum absolute atomic E-state index is 12.9. The van der Waals surface area contributed by atoms with Gasteiger partial charge in [-0.2, -0.15) is 16.8 Å². The van der Waals surface area contributed by atoms with Crippen LogP contribution in [0.25, 0.3) is 0 Å². The van der Waals surface area contributed by atoms with Crippen LogP contribution in [0.2, 0.25) is 12.1 Å². The summed E-state index contributed by atoms with van der Waals surface area (Å²) in [6.07, 6.45) is 0. The van der Waals surface area contributed by atoms with Crippen molar-refractivity contribution in [3.05, 3.63) is 120 Å². The lowest BCUT2D eigenvalue weighted by molar-refractivity contribution is 0.330. The molecule has 0 amide bonds. The normalized spacial score (nSPS) is 12.4. The molecule has 4 rings (SSSR count). The average molecular weight is 581 g/mol. The Morgan fingerprint density at radius 1 is 0.513 bits per heavy atom. The van der Waals surface area contributed by atoms with E-state index < -0.39 is 28.3 Å². The summed E-state index contributed by atoms with van der Waals surface area (Å²) in [5, 5.41) is 2.09. The molecule has 0 N–H and O–H groups in total. The highest BCUT2D eigenvalue weighted by molar-refractivity contribution is 7.87. The maximum atomic E-state index is 12.9. The van der Waals surface area contributed by atoms with Gasteiger partial charge in [0, 0.05) is 0 Å². The van der Waals surface area contributed by atoms with Crippen LogP contribution in [-0.4, -0.2) is 38.1 Å². The first kappa shape index (κ1) is 28.9. The third kappa shape index (κ3) is 7.12. The zero-order chi connectivity index (χ0) is 27.9. The quantitative estimate of drug-likeness (QED) is 0.179. The van der Waals surface area contributed by atoms with Crippen LogP contribution in [0.1, 0.15) is 11.1 Å². The summed E-state index contributed by atoms with van der Waals surface area (Å²) in [5.41, 5.74) is 1.91. The predicted octanol–water partition coefficient (Wildman–Crippen LogP) is 4.68. The summed E-state index contributed by atoms with van der Waals surface area (Å²) < 4.78 is 62.7. The minimum absolute atomic E-state index is 0.0447. The Bertz CT molecular complexity index is 1450. The second-order valence-corrected chi connectivity index (χ2v) is 17.0. The molecule has 204 valence electrons. The maximum Gasteiger partial charge on any atom is 0.296 e. The van der Waals surface area contributed by atoms with Gasteiger partial charge in [-0.3, -0.25) is 8.37 Å². The van der Waals surface area contributed by atoms with Gasteiger partial charge in [-0.25, -0.2) is 0 Å². The van der Waals surface area contributed by atoms with Crippen molar-refractivity contribution in [2.45, 2.75) is 35.7 Å². The van der Waals surface area contributed by atoms with Crippen molar-refractivity contribution in [1.29, 1.82) is 0 Å². The molecule has 0 heterocycles. The molecule has 0 aliphatic carbocycles. The van der Waals surface area contributed by atoms with Crippen molar-refractivity contribution in [2.75, 3.05) is 13.2 Å². The van der Waals surface area contributed by atoms with Crippen molar-refractivity contribution in [3.63, 3.8) is 0 Å².